The Hall–Kier alpha value is -0.320. The van der Waals surface area contributed by atoms with E-state index in [1.165, 1.54) is 0 Å². The topological polar surface area (TPSA) is 73.8 Å². The van der Waals surface area contributed by atoms with E-state index in [1.807, 2.05) is 0 Å². The molecule has 0 rings (SSSR count). The third-order valence-corrected chi connectivity index (χ3v) is 5.26. The van der Waals surface area contributed by atoms with Gasteiger partial charge in [0.15, 0.2) is 0 Å². The first-order chi connectivity index (χ1) is 18.8. The monoisotopic (exact) mass is 641 g/mol. The zero-order valence-corrected chi connectivity index (χ0v) is 29.1. The van der Waals surface area contributed by atoms with Crippen LogP contribution in [0.3, 0.4) is 0 Å². The van der Waals surface area contributed by atoms with Gasteiger partial charge in [0.2, 0.25) is 0 Å². The molecule has 0 saturated heterocycles. The average Bonchev–Trinajstić information content (AvgIpc) is 2.80. The molecule has 0 radical (unpaired) electrons. The van der Waals surface area contributed by atoms with Gasteiger partial charge in [-0.05, 0) is 21.7 Å². The van der Waals surface area contributed by atoms with Crippen LogP contribution < -0.4 is 0 Å². The van der Waals surface area contributed by atoms with Crippen LogP contribution >= 0.6 is 0 Å². The van der Waals surface area contributed by atoms with Crippen LogP contribution in [0.25, 0.3) is 0 Å². The summed E-state index contributed by atoms with van der Waals surface area (Å²) in [6.07, 6.45) is 0. The van der Waals surface area contributed by atoms with Crippen LogP contribution in [0.5, 0.6) is 0 Å². The van der Waals surface area contributed by atoms with Crippen LogP contribution in [0.4, 0.5) is 0 Å². The maximum absolute atomic E-state index is 6.12. The average molecular weight is 641 g/mol. The molecular weight excluding hydrogens is 560 g/mol. The third kappa shape index (κ3) is 36.2. The van der Waals surface area contributed by atoms with Crippen LogP contribution in [-0.4, -0.2) is 106 Å². The Morgan fingerprint density at radius 1 is 0.250 bits per heavy atom. The summed E-state index contributed by atoms with van der Waals surface area (Å²) in [7, 11) is 0. The van der Waals surface area contributed by atoms with Crippen molar-refractivity contribution in [3.05, 3.63) is 0 Å². The highest BCUT2D eigenvalue weighted by Gasteiger charge is 2.33. The summed E-state index contributed by atoms with van der Waals surface area (Å²) in [5.74, 6) is 0. The largest absolute Gasteiger partial charge is 0.379 e. The molecule has 0 amide bonds. The number of rotatable bonds is 24. The first kappa shape index (κ1) is 50.5. The molecule has 0 aromatic carbocycles. The third-order valence-electron chi connectivity index (χ3n) is 5.26. The van der Waals surface area contributed by atoms with E-state index in [1.54, 1.807) is 0 Å². The van der Waals surface area contributed by atoms with Gasteiger partial charge >= 0.3 is 0 Å². The second kappa shape index (κ2) is 25.7. The standard InChI is InChI=1S/C33H68O8.3CH4/c1-29(2,3)21-34-13-17-38-25-33(26-39-18-14-35-22-30(4,5)6,27-40-19-15-36-23-31(7,8)9)28-41-20-16-37-24-32(10,11)12;;;/h13-28H2,1-12H3;3*1H4. The van der Waals surface area contributed by atoms with Gasteiger partial charge in [0, 0.05) is 0 Å². The van der Waals surface area contributed by atoms with E-state index in [0.717, 1.165) is 0 Å². The zero-order valence-electron chi connectivity index (χ0n) is 29.1. The van der Waals surface area contributed by atoms with Crippen molar-refractivity contribution in [3.8, 4) is 0 Å². The van der Waals surface area contributed by atoms with Crippen LogP contribution in [0.2, 0.25) is 0 Å². The van der Waals surface area contributed by atoms with E-state index < -0.39 is 5.41 Å². The van der Waals surface area contributed by atoms with Crippen molar-refractivity contribution in [2.45, 2.75) is 105 Å². The van der Waals surface area contributed by atoms with E-state index in [0.29, 0.717) is 106 Å². The summed E-state index contributed by atoms with van der Waals surface area (Å²) in [4.78, 5) is 0. The maximum atomic E-state index is 6.12. The smallest absolute Gasteiger partial charge is 0.0700 e. The predicted molar refractivity (Wildman–Crippen MR) is 187 cm³/mol. The zero-order chi connectivity index (χ0) is 31.5. The highest BCUT2D eigenvalue weighted by molar-refractivity contribution is 4.80. The Labute approximate surface area is 275 Å². The SMILES string of the molecule is C.C.C.CC(C)(C)COCCOCC(COCCOCC(C)(C)C)(COCCOCC(C)(C)C)COCCOCC(C)(C)C. The van der Waals surface area contributed by atoms with Crippen molar-refractivity contribution >= 4 is 0 Å². The Balaban J connectivity index is -0.00000267. The van der Waals surface area contributed by atoms with E-state index in [-0.39, 0.29) is 43.9 Å². The van der Waals surface area contributed by atoms with Gasteiger partial charge in [0.25, 0.3) is 0 Å². The predicted octanol–water partition coefficient (Wildman–Crippen LogP) is 8.20. The molecule has 0 aromatic heterocycles. The van der Waals surface area contributed by atoms with Crippen molar-refractivity contribution < 1.29 is 37.9 Å². The van der Waals surface area contributed by atoms with Crippen molar-refractivity contribution in [1.29, 1.82) is 0 Å². The van der Waals surface area contributed by atoms with Crippen molar-refractivity contribution in [2.75, 3.05) is 106 Å². The molecule has 0 heterocycles. The molecule has 0 aliphatic rings. The van der Waals surface area contributed by atoms with Crippen molar-refractivity contribution in [2.24, 2.45) is 27.1 Å². The lowest BCUT2D eigenvalue weighted by atomic mass is 9.92. The summed E-state index contributed by atoms with van der Waals surface area (Å²) in [5, 5.41) is 0. The minimum absolute atomic E-state index is 0. The van der Waals surface area contributed by atoms with Gasteiger partial charge in [-0.3, -0.25) is 0 Å². The molecule has 0 aliphatic carbocycles. The number of ether oxygens (including phenoxy) is 8. The Morgan fingerprint density at radius 2 is 0.386 bits per heavy atom. The second-order valence-corrected chi connectivity index (χ2v) is 16.2. The van der Waals surface area contributed by atoms with E-state index in [9.17, 15) is 0 Å². The Morgan fingerprint density at radius 3 is 0.523 bits per heavy atom. The molecule has 0 saturated carbocycles. The lowest BCUT2D eigenvalue weighted by Crippen LogP contribution is -2.43. The first-order valence-corrected chi connectivity index (χ1v) is 15.4. The highest BCUT2D eigenvalue weighted by Crippen LogP contribution is 2.22. The van der Waals surface area contributed by atoms with Crippen LogP contribution in [0, 0.1) is 27.1 Å². The molecule has 0 atom stereocenters. The molecule has 0 fully saturated rings. The van der Waals surface area contributed by atoms with Gasteiger partial charge in [-0.1, -0.05) is 105 Å². The summed E-state index contributed by atoms with van der Waals surface area (Å²) < 4.78 is 47.7. The quantitative estimate of drug-likeness (QED) is 0.0978. The molecule has 0 unspecified atom stereocenters. The van der Waals surface area contributed by atoms with Gasteiger partial charge in [-0.15, -0.1) is 0 Å². The van der Waals surface area contributed by atoms with Gasteiger partial charge in [0.05, 0.1) is 111 Å². The molecule has 8 nitrogen and oxygen atoms in total. The Bertz CT molecular complexity index is 502. The lowest BCUT2D eigenvalue weighted by molar-refractivity contribution is -0.124. The fraction of sp³-hybridized carbons (Fsp3) is 1.00. The van der Waals surface area contributed by atoms with E-state index in [2.05, 4.69) is 83.1 Å². The second-order valence-electron chi connectivity index (χ2n) is 16.2. The molecule has 0 N–H and O–H groups in total. The van der Waals surface area contributed by atoms with Crippen molar-refractivity contribution in [3.63, 3.8) is 0 Å². The summed E-state index contributed by atoms with van der Waals surface area (Å²) in [6.45, 7) is 34.5. The summed E-state index contributed by atoms with van der Waals surface area (Å²) in [5.41, 5.74) is 0.00987. The maximum Gasteiger partial charge on any atom is 0.0700 e. The van der Waals surface area contributed by atoms with E-state index in [4.69, 9.17) is 37.9 Å². The molecule has 0 aliphatic heterocycles. The lowest BCUT2D eigenvalue weighted by Gasteiger charge is -2.33. The molecule has 272 valence electrons. The normalized spacial score (nSPS) is 12.8. The molecule has 44 heavy (non-hydrogen) atoms. The fourth-order valence-corrected chi connectivity index (χ4v) is 3.39. The minimum atomic E-state index is -0.484. The number of hydrogen-bond donors (Lipinski definition) is 0. The Kier molecular flexibility index (Phi) is 29.6. The van der Waals surface area contributed by atoms with Gasteiger partial charge < -0.3 is 37.9 Å². The first-order valence-electron chi connectivity index (χ1n) is 15.4. The molecular formula is C36H80O8. The molecule has 0 bridgehead atoms. The highest BCUT2D eigenvalue weighted by atomic mass is 16.6. The van der Waals surface area contributed by atoms with Crippen molar-refractivity contribution in [1.82, 2.24) is 0 Å². The van der Waals surface area contributed by atoms with Gasteiger partial charge in [-0.2, -0.15) is 0 Å². The van der Waals surface area contributed by atoms with Crippen LogP contribution in [-0.2, 0) is 37.9 Å². The molecule has 8 heteroatoms. The van der Waals surface area contributed by atoms with E-state index >= 15 is 0 Å². The molecule has 0 aromatic rings. The minimum Gasteiger partial charge on any atom is -0.379 e. The van der Waals surface area contributed by atoms with Crippen LogP contribution in [0.1, 0.15) is 105 Å². The summed E-state index contributed by atoms with van der Waals surface area (Å²) in [6, 6.07) is 0. The van der Waals surface area contributed by atoms with Gasteiger partial charge in [0.1, 0.15) is 0 Å². The van der Waals surface area contributed by atoms with Crippen LogP contribution in [0.15, 0.2) is 0 Å². The molecule has 0 spiro atoms. The summed E-state index contributed by atoms with van der Waals surface area (Å²) >= 11 is 0. The number of hydrogen-bond acceptors (Lipinski definition) is 8. The fourth-order valence-electron chi connectivity index (χ4n) is 3.39. The van der Waals surface area contributed by atoms with Gasteiger partial charge in [-0.25, -0.2) is 0 Å².